The molecular weight excluding hydrogens is 384 g/mol. The molecule has 0 radical (unpaired) electrons. The molecule has 0 N–H and O–H groups in total. The molecule has 28 heavy (non-hydrogen) atoms. The Morgan fingerprint density at radius 2 is 1.57 bits per heavy atom. The molecular formula is C21H19ClO6. The summed E-state index contributed by atoms with van der Waals surface area (Å²) in [7, 11) is 2.95. The highest BCUT2D eigenvalue weighted by atomic mass is 35.5. The lowest BCUT2D eigenvalue weighted by molar-refractivity contribution is 0.0450. The Morgan fingerprint density at radius 3 is 2.21 bits per heavy atom. The molecule has 0 atom stereocenters. The second-order valence-corrected chi connectivity index (χ2v) is 6.21. The van der Waals surface area contributed by atoms with Gasteiger partial charge in [-0.3, -0.25) is 9.59 Å². The van der Waals surface area contributed by atoms with E-state index in [-0.39, 0.29) is 47.9 Å². The number of carbonyl (C=O) groups excluding carboxylic acids is 2. The van der Waals surface area contributed by atoms with Gasteiger partial charge in [-0.25, -0.2) is 0 Å². The zero-order valence-electron chi connectivity index (χ0n) is 15.5. The highest BCUT2D eigenvalue weighted by molar-refractivity contribution is 6.29. The number of halogens is 1. The second-order valence-electron chi connectivity index (χ2n) is 5.90. The molecule has 0 saturated heterocycles. The molecule has 0 aliphatic heterocycles. The predicted molar refractivity (Wildman–Crippen MR) is 105 cm³/mol. The third-order valence-corrected chi connectivity index (χ3v) is 4.38. The van der Waals surface area contributed by atoms with E-state index in [0.29, 0.717) is 22.4 Å². The predicted octanol–water partition coefficient (Wildman–Crippen LogP) is 3.68. The first kappa shape index (κ1) is 20.1. The van der Waals surface area contributed by atoms with E-state index in [4.69, 9.17) is 30.5 Å². The van der Waals surface area contributed by atoms with E-state index in [0.717, 1.165) is 0 Å². The lowest BCUT2D eigenvalue weighted by Crippen LogP contribution is -2.23. The van der Waals surface area contributed by atoms with E-state index < -0.39 is 0 Å². The van der Waals surface area contributed by atoms with E-state index in [1.165, 1.54) is 20.3 Å². The number of ketones is 2. The van der Waals surface area contributed by atoms with Crippen molar-refractivity contribution in [2.45, 2.75) is 0 Å². The second kappa shape index (κ2) is 9.01. The highest BCUT2D eigenvalue weighted by Crippen LogP contribution is 2.41. The molecule has 0 heterocycles. The van der Waals surface area contributed by atoms with E-state index in [9.17, 15) is 9.59 Å². The van der Waals surface area contributed by atoms with Crippen LogP contribution in [0.4, 0.5) is 0 Å². The molecule has 6 nitrogen and oxygen atoms in total. The van der Waals surface area contributed by atoms with Gasteiger partial charge in [0.15, 0.2) is 25.2 Å². The van der Waals surface area contributed by atoms with Gasteiger partial charge in [-0.1, -0.05) is 36.4 Å². The topological polar surface area (TPSA) is 71.1 Å². The van der Waals surface area contributed by atoms with Crippen LogP contribution in [0.25, 0.3) is 6.08 Å². The van der Waals surface area contributed by atoms with Crippen molar-refractivity contribution >= 4 is 29.2 Å². The summed E-state index contributed by atoms with van der Waals surface area (Å²) >= 11 is 5.79. The van der Waals surface area contributed by atoms with Crippen LogP contribution >= 0.6 is 11.6 Å². The number of ether oxygens (including phenoxy) is 4. The Balaban J connectivity index is 2.28. The van der Waals surface area contributed by atoms with Gasteiger partial charge in [-0.15, -0.1) is 11.6 Å². The van der Waals surface area contributed by atoms with Crippen LogP contribution in [0.2, 0.25) is 0 Å². The Morgan fingerprint density at radius 1 is 0.929 bits per heavy atom. The minimum atomic E-state index is -0.296. The Labute approximate surface area is 167 Å². The van der Waals surface area contributed by atoms with Crippen molar-refractivity contribution in [3.8, 4) is 11.5 Å². The van der Waals surface area contributed by atoms with Crippen molar-refractivity contribution in [3.05, 3.63) is 64.2 Å². The first-order valence-electron chi connectivity index (χ1n) is 8.49. The molecule has 1 aliphatic carbocycles. The number of allylic oxidation sites excluding steroid dienone is 1. The maximum atomic E-state index is 13.2. The number of carbonyl (C=O) groups is 2. The van der Waals surface area contributed by atoms with E-state index in [1.54, 1.807) is 36.4 Å². The zero-order valence-corrected chi connectivity index (χ0v) is 16.2. The van der Waals surface area contributed by atoms with Gasteiger partial charge in [0.2, 0.25) is 0 Å². The molecule has 0 unspecified atom stereocenters. The molecule has 1 aliphatic rings. The van der Waals surface area contributed by atoms with Crippen LogP contribution in [-0.4, -0.2) is 45.3 Å². The number of methoxy groups -OCH3 is 2. The van der Waals surface area contributed by atoms with E-state index in [2.05, 4.69) is 0 Å². The molecule has 0 spiro atoms. The lowest BCUT2D eigenvalue weighted by atomic mass is 9.82. The molecule has 3 rings (SSSR count). The fourth-order valence-corrected chi connectivity index (χ4v) is 3.13. The van der Waals surface area contributed by atoms with Gasteiger partial charge in [-0.05, 0) is 6.07 Å². The van der Waals surface area contributed by atoms with Gasteiger partial charge < -0.3 is 18.9 Å². The Bertz CT molecular complexity index is 935. The Kier molecular flexibility index (Phi) is 6.46. The molecule has 0 saturated carbocycles. The van der Waals surface area contributed by atoms with Gasteiger partial charge in [0.1, 0.15) is 11.5 Å². The van der Waals surface area contributed by atoms with Gasteiger partial charge in [0, 0.05) is 36.8 Å². The summed E-state index contributed by atoms with van der Waals surface area (Å²) < 4.78 is 21.4. The van der Waals surface area contributed by atoms with Crippen LogP contribution < -0.4 is 9.47 Å². The number of rotatable bonds is 8. The molecule has 0 fully saturated rings. The smallest absolute Gasteiger partial charge is 0.198 e. The standard InChI is InChI=1S/C21H19ClO6/c1-25-11-27-17-10-16-18(21(28-12-26-2)15(17)8-5-9-22)20(24)14-7-4-3-6-13(14)19(16)23/h3-8,10H,9,11-12H2,1-2H3/b8-5+. The Hall–Kier alpha value is -2.67. The van der Waals surface area contributed by atoms with Crippen molar-refractivity contribution in [1.29, 1.82) is 0 Å². The van der Waals surface area contributed by atoms with E-state index >= 15 is 0 Å². The molecule has 2 aromatic carbocycles. The van der Waals surface area contributed by atoms with Crippen molar-refractivity contribution in [3.63, 3.8) is 0 Å². The van der Waals surface area contributed by atoms with Crippen molar-refractivity contribution in [2.75, 3.05) is 33.7 Å². The van der Waals surface area contributed by atoms with Crippen molar-refractivity contribution in [1.82, 2.24) is 0 Å². The van der Waals surface area contributed by atoms with Crippen molar-refractivity contribution in [2.24, 2.45) is 0 Å². The fraction of sp³-hybridized carbons (Fsp3) is 0.238. The van der Waals surface area contributed by atoms with Gasteiger partial charge >= 0.3 is 0 Å². The molecule has 146 valence electrons. The van der Waals surface area contributed by atoms with Crippen LogP contribution in [0.15, 0.2) is 36.4 Å². The first-order valence-corrected chi connectivity index (χ1v) is 9.02. The SMILES string of the molecule is COCOc1cc2c(c(OCOC)c1/C=C/CCl)C(=O)c1ccccc1C2=O. The average Bonchev–Trinajstić information content (AvgIpc) is 2.72. The van der Waals surface area contributed by atoms with Gasteiger partial charge in [0.05, 0.1) is 11.1 Å². The number of hydrogen-bond acceptors (Lipinski definition) is 6. The maximum absolute atomic E-state index is 13.2. The monoisotopic (exact) mass is 402 g/mol. The zero-order chi connectivity index (χ0) is 20.1. The minimum Gasteiger partial charge on any atom is -0.467 e. The number of hydrogen-bond donors (Lipinski definition) is 0. The summed E-state index contributed by atoms with van der Waals surface area (Å²) in [5.41, 5.74) is 1.55. The fourth-order valence-electron chi connectivity index (χ4n) is 3.04. The summed E-state index contributed by atoms with van der Waals surface area (Å²) in [6, 6.07) is 8.23. The third kappa shape index (κ3) is 3.67. The van der Waals surface area contributed by atoms with Gasteiger partial charge in [-0.2, -0.15) is 0 Å². The van der Waals surface area contributed by atoms with Crippen LogP contribution in [-0.2, 0) is 9.47 Å². The van der Waals surface area contributed by atoms with Crippen LogP contribution in [0.5, 0.6) is 11.5 Å². The maximum Gasteiger partial charge on any atom is 0.198 e. The number of fused-ring (bicyclic) bond motifs is 2. The number of alkyl halides is 1. The highest BCUT2D eigenvalue weighted by Gasteiger charge is 2.35. The van der Waals surface area contributed by atoms with Crippen molar-refractivity contribution < 1.29 is 28.5 Å². The molecule has 0 aromatic heterocycles. The largest absolute Gasteiger partial charge is 0.467 e. The number of benzene rings is 2. The summed E-state index contributed by atoms with van der Waals surface area (Å²) in [6.07, 6.45) is 3.37. The van der Waals surface area contributed by atoms with E-state index in [1.807, 2.05) is 0 Å². The summed E-state index contributed by atoms with van der Waals surface area (Å²) in [5.74, 6) is 0.228. The normalized spacial score (nSPS) is 12.8. The summed E-state index contributed by atoms with van der Waals surface area (Å²) in [5, 5.41) is 0. The summed E-state index contributed by atoms with van der Waals surface area (Å²) in [6.45, 7) is -0.145. The van der Waals surface area contributed by atoms with Crippen LogP contribution in [0, 0.1) is 0 Å². The first-order chi connectivity index (χ1) is 13.6. The summed E-state index contributed by atoms with van der Waals surface area (Å²) in [4.78, 5) is 26.3. The van der Waals surface area contributed by atoms with Crippen LogP contribution in [0.3, 0.4) is 0 Å². The molecule has 0 bridgehead atoms. The molecule has 7 heteroatoms. The third-order valence-electron chi connectivity index (χ3n) is 4.20. The molecule has 0 amide bonds. The van der Waals surface area contributed by atoms with Gasteiger partial charge in [0.25, 0.3) is 0 Å². The minimum absolute atomic E-state index is 0.0387. The lowest BCUT2D eigenvalue weighted by Gasteiger charge is -2.23. The average molecular weight is 403 g/mol. The quantitative estimate of drug-likeness (QED) is 0.423. The van der Waals surface area contributed by atoms with Crippen LogP contribution in [0.1, 0.15) is 37.4 Å². The molecule has 2 aromatic rings.